The molecule has 6 heteroatoms. The molecule has 1 saturated heterocycles. The van der Waals surface area contributed by atoms with Gasteiger partial charge in [0, 0.05) is 26.2 Å². The van der Waals surface area contributed by atoms with Crippen molar-refractivity contribution in [3.8, 4) is 0 Å². The molecule has 1 aliphatic rings. The third-order valence-corrected chi connectivity index (χ3v) is 3.85. The van der Waals surface area contributed by atoms with Crippen molar-refractivity contribution in [2.45, 2.75) is 6.54 Å². The van der Waals surface area contributed by atoms with E-state index in [0.29, 0.717) is 4.70 Å². The second kappa shape index (κ2) is 4.56. The SMILES string of the molecule is O=c1[nH]c(CN2CCNCC2)nc2ccsc12. The third-order valence-electron chi connectivity index (χ3n) is 2.95. The van der Waals surface area contributed by atoms with Gasteiger partial charge < -0.3 is 10.3 Å². The van der Waals surface area contributed by atoms with E-state index in [-0.39, 0.29) is 5.56 Å². The van der Waals surface area contributed by atoms with Gasteiger partial charge >= 0.3 is 0 Å². The molecule has 17 heavy (non-hydrogen) atoms. The summed E-state index contributed by atoms with van der Waals surface area (Å²) in [6.07, 6.45) is 0. The summed E-state index contributed by atoms with van der Waals surface area (Å²) in [7, 11) is 0. The molecular formula is C11H14N4OS. The average Bonchev–Trinajstić information content (AvgIpc) is 2.79. The lowest BCUT2D eigenvalue weighted by atomic mass is 10.3. The largest absolute Gasteiger partial charge is 0.314 e. The molecule has 0 unspecified atom stereocenters. The molecule has 0 saturated carbocycles. The lowest BCUT2D eigenvalue weighted by molar-refractivity contribution is 0.228. The van der Waals surface area contributed by atoms with E-state index < -0.39 is 0 Å². The van der Waals surface area contributed by atoms with E-state index in [2.05, 4.69) is 20.2 Å². The molecule has 0 amide bonds. The summed E-state index contributed by atoms with van der Waals surface area (Å²) in [5, 5.41) is 5.21. The number of H-pyrrole nitrogens is 1. The second-order valence-corrected chi connectivity index (χ2v) is 5.09. The van der Waals surface area contributed by atoms with Crippen molar-refractivity contribution >= 4 is 21.6 Å². The first-order valence-electron chi connectivity index (χ1n) is 5.72. The van der Waals surface area contributed by atoms with Gasteiger partial charge in [-0.2, -0.15) is 0 Å². The smallest absolute Gasteiger partial charge is 0.268 e. The van der Waals surface area contributed by atoms with Crippen molar-refractivity contribution in [3.05, 3.63) is 27.6 Å². The maximum Gasteiger partial charge on any atom is 0.268 e. The summed E-state index contributed by atoms with van der Waals surface area (Å²) in [6, 6.07) is 1.90. The summed E-state index contributed by atoms with van der Waals surface area (Å²) >= 11 is 1.44. The Labute approximate surface area is 102 Å². The molecule has 0 atom stereocenters. The van der Waals surface area contributed by atoms with Crippen molar-refractivity contribution in [2.75, 3.05) is 26.2 Å². The van der Waals surface area contributed by atoms with Crippen LogP contribution in [0.3, 0.4) is 0 Å². The quantitative estimate of drug-likeness (QED) is 0.809. The van der Waals surface area contributed by atoms with E-state index in [1.165, 1.54) is 11.3 Å². The number of hydrogen-bond acceptors (Lipinski definition) is 5. The third kappa shape index (κ3) is 2.24. The highest BCUT2D eigenvalue weighted by molar-refractivity contribution is 7.17. The molecular weight excluding hydrogens is 236 g/mol. The Morgan fingerprint density at radius 3 is 3.06 bits per heavy atom. The molecule has 5 nitrogen and oxygen atoms in total. The molecule has 0 aliphatic carbocycles. The number of thiophene rings is 1. The van der Waals surface area contributed by atoms with Crippen LogP contribution < -0.4 is 10.9 Å². The lowest BCUT2D eigenvalue weighted by Crippen LogP contribution is -2.43. The average molecular weight is 250 g/mol. The minimum Gasteiger partial charge on any atom is -0.314 e. The van der Waals surface area contributed by atoms with Gasteiger partial charge in [-0.1, -0.05) is 0 Å². The zero-order chi connectivity index (χ0) is 11.7. The van der Waals surface area contributed by atoms with Gasteiger partial charge in [-0.3, -0.25) is 9.69 Å². The van der Waals surface area contributed by atoms with E-state index in [1.807, 2.05) is 11.4 Å². The van der Waals surface area contributed by atoms with Crippen LogP contribution in [0.2, 0.25) is 0 Å². The Bertz CT molecular complexity index is 570. The standard InChI is InChI=1S/C11H14N4OS/c16-11-10-8(1-6-17-10)13-9(14-11)7-15-4-2-12-3-5-15/h1,6,12H,2-5,7H2,(H,13,14,16). The van der Waals surface area contributed by atoms with E-state index >= 15 is 0 Å². The van der Waals surface area contributed by atoms with Crippen molar-refractivity contribution in [1.29, 1.82) is 0 Å². The minimum absolute atomic E-state index is 0.0184. The van der Waals surface area contributed by atoms with Crippen LogP contribution in [0.5, 0.6) is 0 Å². The van der Waals surface area contributed by atoms with Crippen molar-refractivity contribution < 1.29 is 0 Å². The first-order valence-corrected chi connectivity index (χ1v) is 6.60. The van der Waals surface area contributed by atoms with Gasteiger partial charge in [0.25, 0.3) is 5.56 Å². The molecule has 0 bridgehead atoms. The van der Waals surface area contributed by atoms with Crippen molar-refractivity contribution in [1.82, 2.24) is 20.2 Å². The van der Waals surface area contributed by atoms with Gasteiger partial charge in [-0.15, -0.1) is 11.3 Å². The van der Waals surface area contributed by atoms with E-state index in [4.69, 9.17) is 0 Å². The normalized spacial score (nSPS) is 17.6. The first kappa shape index (κ1) is 10.9. The fourth-order valence-electron chi connectivity index (χ4n) is 2.08. The summed E-state index contributed by atoms with van der Waals surface area (Å²) < 4.78 is 0.717. The highest BCUT2D eigenvalue weighted by Crippen LogP contribution is 2.14. The molecule has 2 aromatic heterocycles. The molecule has 90 valence electrons. The number of piperazine rings is 1. The summed E-state index contributed by atoms with van der Waals surface area (Å²) in [6.45, 7) is 4.75. The molecule has 3 rings (SSSR count). The maximum atomic E-state index is 11.8. The molecule has 0 aromatic carbocycles. The summed E-state index contributed by atoms with van der Waals surface area (Å²) in [5.41, 5.74) is 0.791. The Hall–Kier alpha value is -1.24. The van der Waals surface area contributed by atoms with Crippen LogP contribution in [0, 0.1) is 0 Å². The van der Waals surface area contributed by atoms with Crippen molar-refractivity contribution in [3.63, 3.8) is 0 Å². The fraction of sp³-hybridized carbons (Fsp3) is 0.455. The Morgan fingerprint density at radius 2 is 2.24 bits per heavy atom. The van der Waals surface area contributed by atoms with Crippen LogP contribution in [-0.4, -0.2) is 41.0 Å². The Kier molecular flexibility index (Phi) is 2.92. The van der Waals surface area contributed by atoms with Gasteiger partial charge in [0.05, 0.1) is 12.1 Å². The number of aromatic amines is 1. The summed E-state index contributed by atoms with van der Waals surface area (Å²) in [5.74, 6) is 0.766. The molecule has 3 heterocycles. The number of hydrogen-bond donors (Lipinski definition) is 2. The maximum absolute atomic E-state index is 11.8. The second-order valence-electron chi connectivity index (χ2n) is 4.17. The molecule has 1 fully saturated rings. The molecule has 2 aromatic rings. The monoisotopic (exact) mass is 250 g/mol. The van der Waals surface area contributed by atoms with Crippen LogP contribution >= 0.6 is 11.3 Å². The minimum atomic E-state index is -0.0184. The van der Waals surface area contributed by atoms with Gasteiger partial charge in [0.15, 0.2) is 0 Å². The topological polar surface area (TPSA) is 61.0 Å². The molecule has 1 aliphatic heterocycles. The van der Waals surface area contributed by atoms with Crippen LogP contribution in [0.25, 0.3) is 10.2 Å². The lowest BCUT2D eigenvalue weighted by Gasteiger charge is -2.26. The highest BCUT2D eigenvalue weighted by Gasteiger charge is 2.12. The number of rotatable bonds is 2. The zero-order valence-corrected chi connectivity index (χ0v) is 10.2. The van der Waals surface area contributed by atoms with E-state index in [1.54, 1.807) is 0 Å². The predicted octanol–water partition coefficient (Wildman–Crippen LogP) is 0.390. The van der Waals surface area contributed by atoms with Crippen molar-refractivity contribution in [2.24, 2.45) is 0 Å². The van der Waals surface area contributed by atoms with E-state index in [9.17, 15) is 4.79 Å². The van der Waals surface area contributed by atoms with Crippen LogP contribution in [0.15, 0.2) is 16.2 Å². The molecule has 0 radical (unpaired) electrons. The number of fused-ring (bicyclic) bond motifs is 1. The number of aromatic nitrogens is 2. The Balaban J connectivity index is 1.87. The van der Waals surface area contributed by atoms with Gasteiger partial charge in [-0.05, 0) is 11.4 Å². The van der Waals surface area contributed by atoms with Gasteiger partial charge in [0.1, 0.15) is 10.5 Å². The van der Waals surface area contributed by atoms with Crippen LogP contribution in [0.1, 0.15) is 5.82 Å². The summed E-state index contributed by atoms with van der Waals surface area (Å²) in [4.78, 5) is 21.4. The van der Waals surface area contributed by atoms with Crippen LogP contribution in [0.4, 0.5) is 0 Å². The molecule has 0 spiro atoms. The predicted molar refractivity (Wildman–Crippen MR) is 68.4 cm³/mol. The van der Waals surface area contributed by atoms with Gasteiger partial charge in [-0.25, -0.2) is 4.98 Å². The fourth-order valence-corrected chi connectivity index (χ4v) is 2.80. The van der Waals surface area contributed by atoms with Crippen LogP contribution in [-0.2, 0) is 6.54 Å². The Morgan fingerprint density at radius 1 is 1.41 bits per heavy atom. The number of nitrogens with one attached hydrogen (secondary N) is 2. The molecule has 2 N–H and O–H groups in total. The first-order chi connectivity index (χ1) is 8.33. The van der Waals surface area contributed by atoms with E-state index in [0.717, 1.165) is 44.1 Å². The zero-order valence-electron chi connectivity index (χ0n) is 9.40. The number of nitrogens with zero attached hydrogens (tertiary/aromatic N) is 2. The van der Waals surface area contributed by atoms with Gasteiger partial charge in [0.2, 0.25) is 0 Å². The highest BCUT2D eigenvalue weighted by atomic mass is 32.1.